The summed E-state index contributed by atoms with van der Waals surface area (Å²) in [5.41, 5.74) is 5.22. The number of primary amides is 1. The first-order valence-corrected chi connectivity index (χ1v) is 8.89. The van der Waals surface area contributed by atoms with Gasteiger partial charge in [-0.05, 0) is 36.6 Å². The van der Waals surface area contributed by atoms with Crippen molar-refractivity contribution in [3.63, 3.8) is 0 Å². The molecule has 1 rings (SSSR count). The van der Waals surface area contributed by atoms with Crippen LogP contribution in [0.1, 0.15) is 56.8 Å². The Hall–Kier alpha value is -2.57. The third-order valence-corrected chi connectivity index (χ3v) is 3.70. The first kappa shape index (κ1) is 21.5. The molecular weight excluding hydrogens is 336 g/mol. The monoisotopic (exact) mass is 364 g/mol. The van der Waals surface area contributed by atoms with Crippen molar-refractivity contribution >= 4 is 17.9 Å². The van der Waals surface area contributed by atoms with Gasteiger partial charge < -0.3 is 15.2 Å². The van der Waals surface area contributed by atoms with Gasteiger partial charge in [0, 0.05) is 0 Å². The van der Waals surface area contributed by atoms with Crippen LogP contribution in [0.2, 0.25) is 0 Å². The zero-order valence-electron chi connectivity index (χ0n) is 15.6. The number of urea groups is 1. The van der Waals surface area contributed by atoms with Crippen molar-refractivity contribution in [1.29, 1.82) is 0 Å². The second-order valence-electron chi connectivity index (χ2n) is 6.36. The van der Waals surface area contributed by atoms with Crippen LogP contribution in [-0.2, 0) is 9.53 Å². The van der Waals surface area contributed by atoms with Crippen LogP contribution < -0.4 is 15.8 Å². The maximum atomic E-state index is 12.2. The minimum atomic E-state index is -1.11. The number of amides is 3. The Labute approximate surface area is 154 Å². The van der Waals surface area contributed by atoms with E-state index in [1.54, 1.807) is 38.1 Å². The summed E-state index contributed by atoms with van der Waals surface area (Å²) in [7, 11) is 0. The topological polar surface area (TPSA) is 108 Å². The SMILES string of the molecule is CCCCCCOc1ccc(C(=O)O[C@@H](C(=O)NC(N)=O)C(C)C)cc1. The van der Waals surface area contributed by atoms with Crippen molar-refractivity contribution in [1.82, 2.24) is 5.32 Å². The molecular formula is C19H28N2O5. The van der Waals surface area contributed by atoms with E-state index in [9.17, 15) is 14.4 Å². The molecule has 0 aliphatic carbocycles. The lowest BCUT2D eigenvalue weighted by atomic mass is 10.1. The second-order valence-corrected chi connectivity index (χ2v) is 6.36. The molecule has 0 spiro atoms. The lowest BCUT2D eigenvalue weighted by Crippen LogP contribution is -2.45. The standard InChI is InChI=1S/C19H28N2O5/c1-4-5-6-7-12-25-15-10-8-14(9-11-15)18(23)26-16(13(2)3)17(22)21-19(20)24/h8-11,13,16H,4-7,12H2,1-3H3,(H3,20,21,22,24)/t16-/m1/s1. The molecule has 0 radical (unpaired) electrons. The van der Waals surface area contributed by atoms with Gasteiger partial charge in [-0.3, -0.25) is 10.1 Å². The highest BCUT2D eigenvalue weighted by Gasteiger charge is 2.27. The molecule has 1 aromatic carbocycles. The van der Waals surface area contributed by atoms with Crippen LogP contribution in [0.4, 0.5) is 4.79 Å². The number of rotatable bonds is 10. The maximum absolute atomic E-state index is 12.2. The van der Waals surface area contributed by atoms with Gasteiger partial charge in [-0.1, -0.05) is 40.0 Å². The average molecular weight is 364 g/mol. The molecule has 0 heterocycles. The molecule has 0 saturated heterocycles. The van der Waals surface area contributed by atoms with Crippen LogP contribution in [0, 0.1) is 5.92 Å². The summed E-state index contributed by atoms with van der Waals surface area (Å²) in [5.74, 6) is -1.04. The molecule has 7 heteroatoms. The normalized spacial score (nSPS) is 11.7. The predicted octanol–water partition coefficient (Wildman–Crippen LogP) is 3.02. The first-order chi connectivity index (χ1) is 12.3. The van der Waals surface area contributed by atoms with Crippen LogP contribution in [-0.4, -0.2) is 30.6 Å². The fourth-order valence-corrected chi connectivity index (χ4v) is 2.27. The molecule has 26 heavy (non-hydrogen) atoms. The summed E-state index contributed by atoms with van der Waals surface area (Å²) in [6.45, 7) is 6.19. The van der Waals surface area contributed by atoms with E-state index in [4.69, 9.17) is 15.2 Å². The van der Waals surface area contributed by atoms with Gasteiger partial charge in [-0.2, -0.15) is 0 Å². The molecule has 0 aromatic heterocycles. The molecule has 0 saturated carbocycles. The smallest absolute Gasteiger partial charge is 0.338 e. The van der Waals surface area contributed by atoms with Gasteiger partial charge in [-0.15, -0.1) is 0 Å². The third kappa shape index (κ3) is 7.55. The number of ether oxygens (including phenoxy) is 2. The zero-order valence-corrected chi connectivity index (χ0v) is 15.6. The van der Waals surface area contributed by atoms with Crippen LogP contribution in [0.3, 0.4) is 0 Å². The average Bonchev–Trinajstić information content (AvgIpc) is 2.58. The zero-order chi connectivity index (χ0) is 19.5. The van der Waals surface area contributed by atoms with Crippen molar-refractivity contribution < 1.29 is 23.9 Å². The van der Waals surface area contributed by atoms with Gasteiger partial charge in [0.2, 0.25) is 0 Å². The number of imide groups is 1. The van der Waals surface area contributed by atoms with E-state index < -0.39 is 24.0 Å². The molecule has 0 bridgehead atoms. The minimum Gasteiger partial charge on any atom is -0.494 e. The molecule has 3 N–H and O–H groups in total. The number of esters is 1. The summed E-state index contributed by atoms with van der Waals surface area (Å²) >= 11 is 0. The van der Waals surface area contributed by atoms with E-state index in [2.05, 4.69) is 6.92 Å². The number of unbranched alkanes of at least 4 members (excludes halogenated alkanes) is 3. The van der Waals surface area contributed by atoms with Gasteiger partial charge in [0.1, 0.15) is 5.75 Å². The molecule has 144 valence electrons. The van der Waals surface area contributed by atoms with E-state index in [1.807, 2.05) is 5.32 Å². The summed E-state index contributed by atoms with van der Waals surface area (Å²) in [4.78, 5) is 34.9. The van der Waals surface area contributed by atoms with E-state index in [1.165, 1.54) is 12.8 Å². The van der Waals surface area contributed by atoms with Crippen molar-refractivity contribution in [3.8, 4) is 5.75 Å². The summed E-state index contributed by atoms with van der Waals surface area (Å²) in [6.07, 6.45) is 3.37. The highest BCUT2D eigenvalue weighted by Crippen LogP contribution is 2.16. The molecule has 0 fully saturated rings. The van der Waals surface area contributed by atoms with Gasteiger partial charge >= 0.3 is 12.0 Å². The third-order valence-electron chi connectivity index (χ3n) is 3.70. The highest BCUT2D eigenvalue weighted by molar-refractivity contribution is 5.98. The summed E-state index contributed by atoms with van der Waals surface area (Å²) in [5, 5.41) is 1.93. The Kier molecular flexibility index (Phi) is 9.19. The van der Waals surface area contributed by atoms with Crippen molar-refractivity contribution in [2.75, 3.05) is 6.61 Å². The predicted molar refractivity (Wildman–Crippen MR) is 97.8 cm³/mol. The first-order valence-electron chi connectivity index (χ1n) is 8.89. The van der Waals surface area contributed by atoms with Crippen LogP contribution in [0.5, 0.6) is 5.75 Å². The molecule has 7 nitrogen and oxygen atoms in total. The van der Waals surface area contributed by atoms with Gasteiger partial charge in [-0.25, -0.2) is 9.59 Å². The number of carbonyl (C=O) groups excluding carboxylic acids is 3. The lowest BCUT2D eigenvalue weighted by molar-refractivity contribution is -0.130. The van der Waals surface area contributed by atoms with E-state index in [0.29, 0.717) is 17.9 Å². The molecule has 3 amide bonds. The van der Waals surface area contributed by atoms with Gasteiger partial charge in [0.25, 0.3) is 5.91 Å². The summed E-state index contributed by atoms with van der Waals surface area (Å²) < 4.78 is 10.8. The Morgan fingerprint density at radius 2 is 1.73 bits per heavy atom. The number of nitrogens with two attached hydrogens (primary N) is 1. The van der Waals surface area contributed by atoms with Crippen LogP contribution >= 0.6 is 0 Å². The fraction of sp³-hybridized carbons (Fsp3) is 0.526. The van der Waals surface area contributed by atoms with Crippen LogP contribution in [0.15, 0.2) is 24.3 Å². The van der Waals surface area contributed by atoms with E-state index >= 15 is 0 Å². The number of benzene rings is 1. The molecule has 1 atom stereocenters. The molecule has 1 aromatic rings. The van der Waals surface area contributed by atoms with Gasteiger partial charge in [0.15, 0.2) is 6.10 Å². The second kappa shape index (κ2) is 11.1. The number of hydrogen-bond donors (Lipinski definition) is 2. The Balaban J connectivity index is 2.60. The Bertz CT molecular complexity index is 598. The fourth-order valence-electron chi connectivity index (χ4n) is 2.27. The molecule has 0 unspecified atom stereocenters. The molecule has 0 aliphatic rings. The van der Waals surface area contributed by atoms with E-state index in [-0.39, 0.29) is 5.92 Å². The minimum absolute atomic E-state index is 0.292. The number of nitrogens with one attached hydrogen (secondary N) is 1. The largest absolute Gasteiger partial charge is 0.494 e. The summed E-state index contributed by atoms with van der Waals surface area (Å²) in [6, 6.07) is 5.53. The number of hydrogen-bond acceptors (Lipinski definition) is 5. The van der Waals surface area contributed by atoms with E-state index in [0.717, 1.165) is 12.8 Å². The van der Waals surface area contributed by atoms with Crippen molar-refractivity contribution in [2.24, 2.45) is 11.7 Å². The van der Waals surface area contributed by atoms with Gasteiger partial charge in [0.05, 0.1) is 12.2 Å². The van der Waals surface area contributed by atoms with Crippen molar-refractivity contribution in [3.05, 3.63) is 29.8 Å². The maximum Gasteiger partial charge on any atom is 0.338 e. The lowest BCUT2D eigenvalue weighted by Gasteiger charge is -2.19. The Morgan fingerprint density at radius 3 is 2.27 bits per heavy atom. The highest BCUT2D eigenvalue weighted by atomic mass is 16.5. The Morgan fingerprint density at radius 1 is 1.08 bits per heavy atom. The van der Waals surface area contributed by atoms with Crippen molar-refractivity contribution in [2.45, 2.75) is 52.6 Å². The van der Waals surface area contributed by atoms with Crippen LogP contribution in [0.25, 0.3) is 0 Å². The quantitative estimate of drug-likeness (QED) is 0.490. The number of carbonyl (C=O) groups is 3. The molecule has 0 aliphatic heterocycles.